The maximum absolute atomic E-state index is 12.5. The predicted octanol–water partition coefficient (Wildman–Crippen LogP) is 4.10. The standard InChI is InChI=1S/C21H23N3O3S/c1-4-27-21(26)15-9-5-6-10-16(15)22-19(25)13-24(3)14(2)20-23-17-11-7-8-12-18(17)28-20/h5-12,14H,4,13H2,1-3H3,(H,22,25)/t14-/m0/s1. The fourth-order valence-corrected chi connectivity index (χ4v) is 3.87. The second kappa shape index (κ2) is 8.95. The van der Waals surface area contributed by atoms with Gasteiger partial charge >= 0.3 is 5.97 Å². The van der Waals surface area contributed by atoms with Gasteiger partial charge < -0.3 is 10.1 Å². The van der Waals surface area contributed by atoms with Crippen LogP contribution in [-0.4, -0.2) is 42.0 Å². The third kappa shape index (κ3) is 4.55. The summed E-state index contributed by atoms with van der Waals surface area (Å²) in [6.07, 6.45) is 0. The van der Waals surface area contributed by atoms with Gasteiger partial charge in [-0.1, -0.05) is 24.3 Å². The summed E-state index contributed by atoms with van der Waals surface area (Å²) in [5, 5.41) is 3.78. The van der Waals surface area contributed by atoms with Gasteiger partial charge in [0.05, 0.1) is 40.7 Å². The molecule has 146 valence electrons. The molecule has 1 aromatic heterocycles. The van der Waals surface area contributed by atoms with Crippen molar-refractivity contribution >= 4 is 39.1 Å². The normalized spacial score (nSPS) is 12.1. The van der Waals surface area contributed by atoms with Crippen LogP contribution in [0.2, 0.25) is 0 Å². The summed E-state index contributed by atoms with van der Waals surface area (Å²) in [5.41, 5.74) is 1.77. The minimum absolute atomic E-state index is 0.0107. The molecule has 2 aromatic carbocycles. The molecule has 3 aromatic rings. The van der Waals surface area contributed by atoms with Gasteiger partial charge in [0, 0.05) is 0 Å². The van der Waals surface area contributed by atoms with Crippen LogP contribution < -0.4 is 5.32 Å². The van der Waals surface area contributed by atoms with Crippen LogP contribution in [0, 0.1) is 0 Å². The lowest BCUT2D eigenvalue weighted by molar-refractivity contribution is -0.117. The van der Waals surface area contributed by atoms with E-state index in [9.17, 15) is 9.59 Å². The quantitative estimate of drug-likeness (QED) is 0.608. The number of para-hydroxylation sites is 2. The Morgan fingerprint density at radius 2 is 1.89 bits per heavy atom. The van der Waals surface area contributed by atoms with Crippen molar-refractivity contribution in [1.29, 1.82) is 0 Å². The minimum atomic E-state index is -0.449. The summed E-state index contributed by atoms with van der Waals surface area (Å²) >= 11 is 1.63. The van der Waals surface area contributed by atoms with Crippen molar-refractivity contribution in [2.45, 2.75) is 19.9 Å². The van der Waals surface area contributed by atoms with Crippen LogP contribution in [-0.2, 0) is 9.53 Å². The molecule has 3 rings (SSSR count). The molecule has 28 heavy (non-hydrogen) atoms. The Bertz CT molecular complexity index is 953. The number of nitrogens with one attached hydrogen (secondary N) is 1. The Hall–Kier alpha value is -2.77. The summed E-state index contributed by atoms with van der Waals surface area (Å²) in [6, 6.07) is 14.8. The number of amides is 1. The number of anilines is 1. The van der Waals surface area contributed by atoms with Crippen molar-refractivity contribution in [3.05, 3.63) is 59.1 Å². The number of rotatable bonds is 7. The first kappa shape index (κ1) is 20.0. The Kier molecular flexibility index (Phi) is 6.38. The first-order chi connectivity index (χ1) is 13.5. The van der Waals surface area contributed by atoms with E-state index in [-0.39, 0.29) is 25.1 Å². The summed E-state index contributed by atoms with van der Waals surface area (Å²) in [7, 11) is 1.88. The first-order valence-electron chi connectivity index (χ1n) is 9.11. The van der Waals surface area contributed by atoms with E-state index in [4.69, 9.17) is 4.74 Å². The number of esters is 1. The number of carbonyl (C=O) groups excluding carboxylic acids is 2. The van der Waals surface area contributed by atoms with Crippen LogP contribution in [0.15, 0.2) is 48.5 Å². The number of hydrogen-bond donors (Lipinski definition) is 1. The summed E-state index contributed by atoms with van der Waals surface area (Å²) < 4.78 is 6.18. The third-order valence-electron chi connectivity index (χ3n) is 4.42. The zero-order valence-corrected chi connectivity index (χ0v) is 17.0. The molecule has 1 amide bonds. The van der Waals surface area contributed by atoms with Crippen molar-refractivity contribution in [3.8, 4) is 0 Å². The molecule has 0 aliphatic heterocycles. The maximum atomic E-state index is 12.5. The number of nitrogens with zero attached hydrogens (tertiary/aromatic N) is 2. The lowest BCUT2D eigenvalue weighted by Gasteiger charge is -2.22. The number of benzene rings is 2. The lowest BCUT2D eigenvalue weighted by atomic mass is 10.2. The average molecular weight is 398 g/mol. The molecule has 1 atom stereocenters. The van der Waals surface area contributed by atoms with E-state index in [1.807, 2.05) is 43.1 Å². The van der Waals surface area contributed by atoms with Gasteiger partial charge in [-0.05, 0) is 45.2 Å². The summed E-state index contributed by atoms with van der Waals surface area (Å²) in [4.78, 5) is 31.2. The Labute approximate surface area is 168 Å². The zero-order valence-electron chi connectivity index (χ0n) is 16.1. The third-order valence-corrected chi connectivity index (χ3v) is 5.63. The number of ether oxygens (including phenoxy) is 1. The average Bonchev–Trinajstić information content (AvgIpc) is 3.12. The van der Waals surface area contributed by atoms with E-state index >= 15 is 0 Å². The largest absolute Gasteiger partial charge is 0.462 e. The highest BCUT2D eigenvalue weighted by atomic mass is 32.1. The predicted molar refractivity (Wildman–Crippen MR) is 112 cm³/mol. The first-order valence-corrected chi connectivity index (χ1v) is 9.93. The van der Waals surface area contributed by atoms with Crippen LogP contribution >= 0.6 is 11.3 Å². The molecule has 1 N–H and O–H groups in total. The number of fused-ring (bicyclic) bond motifs is 1. The van der Waals surface area contributed by atoms with Crippen molar-refractivity contribution < 1.29 is 14.3 Å². The molecule has 0 bridgehead atoms. The van der Waals surface area contributed by atoms with Gasteiger partial charge in [0.15, 0.2) is 0 Å². The van der Waals surface area contributed by atoms with Gasteiger partial charge in [-0.3, -0.25) is 9.69 Å². The Morgan fingerprint density at radius 1 is 1.18 bits per heavy atom. The molecular formula is C21H23N3O3S. The van der Waals surface area contributed by atoms with Crippen LogP contribution in [0.3, 0.4) is 0 Å². The van der Waals surface area contributed by atoms with Crippen LogP contribution in [0.4, 0.5) is 5.69 Å². The fourth-order valence-electron chi connectivity index (χ4n) is 2.79. The maximum Gasteiger partial charge on any atom is 0.340 e. The molecule has 0 aliphatic rings. The summed E-state index contributed by atoms with van der Waals surface area (Å²) in [5.74, 6) is -0.651. The fraction of sp³-hybridized carbons (Fsp3) is 0.286. The molecule has 0 unspecified atom stereocenters. The van der Waals surface area contributed by atoms with Crippen molar-refractivity contribution in [1.82, 2.24) is 9.88 Å². The highest BCUT2D eigenvalue weighted by Crippen LogP contribution is 2.28. The molecule has 0 saturated carbocycles. The highest BCUT2D eigenvalue weighted by molar-refractivity contribution is 7.18. The van der Waals surface area contributed by atoms with Crippen LogP contribution in [0.1, 0.15) is 35.3 Å². The van der Waals surface area contributed by atoms with Crippen molar-refractivity contribution in [2.24, 2.45) is 0 Å². The second-order valence-corrected chi connectivity index (χ2v) is 7.49. The molecule has 1 heterocycles. The van der Waals surface area contributed by atoms with Crippen LogP contribution in [0.25, 0.3) is 10.2 Å². The molecule has 0 aliphatic carbocycles. The van der Waals surface area contributed by atoms with Gasteiger partial charge in [0.1, 0.15) is 5.01 Å². The Morgan fingerprint density at radius 3 is 2.64 bits per heavy atom. The molecular weight excluding hydrogens is 374 g/mol. The number of hydrogen-bond acceptors (Lipinski definition) is 6. The van der Waals surface area contributed by atoms with E-state index in [0.717, 1.165) is 15.2 Å². The molecule has 0 radical (unpaired) electrons. The lowest BCUT2D eigenvalue weighted by Crippen LogP contribution is -2.32. The number of thiazole rings is 1. The number of carbonyl (C=O) groups is 2. The monoisotopic (exact) mass is 397 g/mol. The molecule has 0 spiro atoms. The van der Waals surface area contributed by atoms with Gasteiger partial charge in [-0.2, -0.15) is 0 Å². The topological polar surface area (TPSA) is 71.5 Å². The Balaban J connectivity index is 1.67. The number of likely N-dealkylation sites (N-methyl/N-ethyl adjacent to an activating group) is 1. The second-order valence-electron chi connectivity index (χ2n) is 6.43. The molecule has 0 saturated heterocycles. The van der Waals surface area contributed by atoms with Crippen molar-refractivity contribution in [3.63, 3.8) is 0 Å². The molecule has 7 heteroatoms. The van der Waals surface area contributed by atoms with Gasteiger partial charge in [-0.25, -0.2) is 9.78 Å². The molecule has 0 fully saturated rings. The highest BCUT2D eigenvalue weighted by Gasteiger charge is 2.20. The minimum Gasteiger partial charge on any atom is -0.462 e. The smallest absolute Gasteiger partial charge is 0.340 e. The van der Waals surface area contributed by atoms with E-state index in [1.165, 1.54) is 0 Å². The van der Waals surface area contributed by atoms with E-state index in [2.05, 4.69) is 10.3 Å². The van der Waals surface area contributed by atoms with Gasteiger partial charge in [-0.15, -0.1) is 11.3 Å². The zero-order chi connectivity index (χ0) is 20.1. The molecule has 6 nitrogen and oxygen atoms in total. The van der Waals surface area contributed by atoms with Crippen LogP contribution in [0.5, 0.6) is 0 Å². The van der Waals surface area contributed by atoms with Gasteiger partial charge in [0.2, 0.25) is 5.91 Å². The van der Waals surface area contributed by atoms with E-state index in [0.29, 0.717) is 11.3 Å². The van der Waals surface area contributed by atoms with E-state index < -0.39 is 5.97 Å². The van der Waals surface area contributed by atoms with E-state index in [1.54, 1.807) is 42.5 Å². The SMILES string of the molecule is CCOC(=O)c1ccccc1NC(=O)CN(C)[C@@H](C)c1nc2ccccc2s1. The van der Waals surface area contributed by atoms with Gasteiger partial charge in [0.25, 0.3) is 0 Å². The summed E-state index contributed by atoms with van der Waals surface area (Å²) in [6.45, 7) is 4.23. The number of aromatic nitrogens is 1. The van der Waals surface area contributed by atoms with Crippen molar-refractivity contribution in [2.75, 3.05) is 25.5 Å².